The first kappa shape index (κ1) is 18.9. The molecule has 0 saturated carbocycles. The number of benzene rings is 2. The first-order valence-corrected chi connectivity index (χ1v) is 9.78. The number of nitrogens with zero attached hydrogens (tertiary/aromatic N) is 2. The number of hydrogen-bond donors (Lipinski definition) is 1. The van der Waals surface area contributed by atoms with Crippen LogP contribution in [-0.2, 0) is 16.1 Å². The maximum absolute atomic E-state index is 12.5. The molecular weight excluding hydrogens is 362 g/mol. The zero-order valence-corrected chi connectivity index (χ0v) is 16.4. The van der Waals surface area contributed by atoms with Gasteiger partial charge in [0.25, 0.3) is 0 Å². The van der Waals surface area contributed by atoms with E-state index in [1.165, 1.54) is 0 Å². The lowest BCUT2D eigenvalue weighted by atomic mass is 10.00. The third-order valence-corrected chi connectivity index (χ3v) is 5.25. The fourth-order valence-corrected chi connectivity index (χ4v) is 3.70. The van der Waals surface area contributed by atoms with E-state index in [2.05, 4.69) is 10.4 Å². The van der Waals surface area contributed by atoms with Crippen molar-refractivity contribution in [2.45, 2.75) is 32.7 Å². The lowest BCUT2D eigenvalue weighted by molar-refractivity contribution is -0.122. The molecule has 2 aromatic carbocycles. The molecular formula is C24H23N3O2. The van der Waals surface area contributed by atoms with Crippen molar-refractivity contribution >= 4 is 17.3 Å². The molecule has 0 bridgehead atoms. The van der Waals surface area contributed by atoms with Gasteiger partial charge in [-0.25, -0.2) is 4.68 Å². The van der Waals surface area contributed by atoms with Crippen LogP contribution < -0.4 is 5.32 Å². The highest BCUT2D eigenvalue weighted by atomic mass is 16.2. The van der Waals surface area contributed by atoms with Gasteiger partial charge in [0, 0.05) is 30.3 Å². The summed E-state index contributed by atoms with van der Waals surface area (Å²) in [7, 11) is 0. The number of allylic oxidation sites excluding steroid dienone is 1. The largest absolute Gasteiger partial charge is 0.352 e. The molecule has 1 aliphatic carbocycles. The fraction of sp³-hybridized carbons (Fsp3) is 0.208. The van der Waals surface area contributed by atoms with E-state index in [-0.39, 0.29) is 18.1 Å². The predicted octanol–water partition coefficient (Wildman–Crippen LogP) is 4.00. The lowest BCUT2D eigenvalue weighted by Gasteiger charge is -2.08. The Labute approximate surface area is 170 Å². The molecule has 4 rings (SSSR count). The molecule has 0 saturated heterocycles. The Bertz CT molecular complexity index is 1080. The summed E-state index contributed by atoms with van der Waals surface area (Å²) < 4.78 is 1.81. The van der Waals surface area contributed by atoms with E-state index in [9.17, 15) is 9.59 Å². The molecule has 1 aliphatic rings. The van der Waals surface area contributed by atoms with Crippen LogP contribution in [0.1, 0.15) is 36.0 Å². The highest BCUT2D eigenvalue weighted by Crippen LogP contribution is 2.33. The quantitative estimate of drug-likeness (QED) is 0.697. The molecule has 0 atom stereocenters. The van der Waals surface area contributed by atoms with Crippen LogP contribution >= 0.6 is 0 Å². The van der Waals surface area contributed by atoms with Crippen molar-refractivity contribution in [2.24, 2.45) is 0 Å². The maximum Gasteiger partial charge on any atom is 0.224 e. The minimum Gasteiger partial charge on any atom is -0.352 e. The van der Waals surface area contributed by atoms with Crippen LogP contribution in [0.3, 0.4) is 0 Å². The van der Waals surface area contributed by atoms with E-state index >= 15 is 0 Å². The summed E-state index contributed by atoms with van der Waals surface area (Å²) in [5.41, 5.74) is 5.73. The van der Waals surface area contributed by atoms with Gasteiger partial charge in [0.05, 0.1) is 18.3 Å². The Morgan fingerprint density at radius 1 is 1.07 bits per heavy atom. The van der Waals surface area contributed by atoms with Crippen molar-refractivity contribution in [3.05, 3.63) is 89.3 Å². The summed E-state index contributed by atoms with van der Waals surface area (Å²) in [6.45, 7) is 2.42. The van der Waals surface area contributed by atoms with Gasteiger partial charge in [-0.05, 0) is 36.1 Å². The summed E-state index contributed by atoms with van der Waals surface area (Å²) in [6.07, 6.45) is 4.97. The molecule has 5 nitrogen and oxygen atoms in total. The monoisotopic (exact) mass is 385 g/mol. The number of rotatable bonds is 6. The van der Waals surface area contributed by atoms with Crippen LogP contribution in [0.4, 0.5) is 0 Å². The second kappa shape index (κ2) is 8.27. The van der Waals surface area contributed by atoms with Crippen molar-refractivity contribution in [1.82, 2.24) is 15.1 Å². The van der Waals surface area contributed by atoms with Crippen LogP contribution in [0.15, 0.2) is 72.6 Å². The van der Waals surface area contributed by atoms with E-state index in [0.29, 0.717) is 25.0 Å². The fourth-order valence-electron chi connectivity index (χ4n) is 3.70. The number of amides is 1. The van der Waals surface area contributed by atoms with Crippen molar-refractivity contribution in [3.8, 4) is 5.69 Å². The van der Waals surface area contributed by atoms with Crippen LogP contribution in [0.2, 0.25) is 0 Å². The minimum atomic E-state index is -0.146. The number of carbonyl (C=O) groups is 2. The van der Waals surface area contributed by atoms with Crippen molar-refractivity contribution < 1.29 is 9.59 Å². The molecule has 3 aromatic rings. The number of aromatic nitrogens is 2. The molecule has 5 heteroatoms. The van der Waals surface area contributed by atoms with Gasteiger partial charge < -0.3 is 5.32 Å². The Morgan fingerprint density at radius 2 is 1.83 bits per heavy atom. The molecule has 29 heavy (non-hydrogen) atoms. The van der Waals surface area contributed by atoms with Gasteiger partial charge in [-0.2, -0.15) is 5.10 Å². The van der Waals surface area contributed by atoms with Gasteiger partial charge >= 0.3 is 0 Å². The molecule has 0 unspecified atom stereocenters. The molecule has 1 aromatic heterocycles. The number of Topliss-reactive ketones (excluding diaryl/α,β-unsaturated/α-hetero) is 1. The number of aryl methyl sites for hydroxylation is 1. The van der Waals surface area contributed by atoms with E-state index in [0.717, 1.165) is 28.0 Å². The van der Waals surface area contributed by atoms with Gasteiger partial charge in [0.2, 0.25) is 5.91 Å². The second-order valence-electron chi connectivity index (χ2n) is 7.28. The number of carbonyl (C=O) groups excluding carboxylic acids is 2. The molecule has 1 N–H and O–H groups in total. The van der Waals surface area contributed by atoms with Gasteiger partial charge in [0.15, 0.2) is 5.78 Å². The zero-order chi connectivity index (χ0) is 20.2. The summed E-state index contributed by atoms with van der Waals surface area (Å²) in [4.78, 5) is 24.8. The third kappa shape index (κ3) is 4.19. The molecule has 1 heterocycles. The summed E-state index contributed by atoms with van der Waals surface area (Å²) in [5.74, 6) is -0.0706. The van der Waals surface area contributed by atoms with Gasteiger partial charge in [-0.1, -0.05) is 48.5 Å². The van der Waals surface area contributed by atoms with Crippen molar-refractivity contribution in [1.29, 1.82) is 0 Å². The normalized spacial score (nSPS) is 13.8. The summed E-state index contributed by atoms with van der Waals surface area (Å²) in [6, 6.07) is 17.9. The third-order valence-electron chi connectivity index (χ3n) is 5.25. The molecule has 0 radical (unpaired) electrons. The van der Waals surface area contributed by atoms with Crippen LogP contribution in [-0.4, -0.2) is 21.5 Å². The van der Waals surface area contributed by atoms with E-state index < -0.39 is 0 Å². The smallest absolute Gasteiger partial charge is 0.224 e. The standard InChI is InChI=1S/C24H23N3O2/c1-17-7-5-6-10-22(17)27-16-18(15-26-27)14-25-24(29)13-21-20(11-12-23(21)28)19-8-3-2-4-9-19/h2-10,15-16H,11-14H2,1H3,(H,25,29). The molecule has 1 amide bonds. The number of para-hydroxylation sites is 1. The number of ketones is 1. The Hall–Kier alpha value is -3.47. The maximum atomic E-state index is 12.5. The summed E-state index contributed by atoms with van der Waals surface area (Å²) >= 11 is 0. The minimum absolute atomic E-state index is 0.0753. The predicted molar refractivity (Wildman–Crippen MR) is 112 cm³/mol. The van der Waals surface area contributed by atoms with E-state index in [1.54, 1.807) is 6.20 Å². The average molecular weight is 385 g/mol. The van der Waals surface area contributed by atoms with Gasteiger partial charge in [-0.15, -0.1) is 0 Å². The van der Waals surface area contributed by atoms with E-state index in [1.807, 2.05) is 72.4 Å². The number of nitrogens with one attached hydrogen (secondary N) is 1. The van der Waals surface area contributed by atoms with Crippen LogP contribution in [0.25, 0.3) is 11.3 Å². The molecule has 146 valence electrons. The first-order valence-electron chi connectivity index (χ1n) is 9.78. The molecule has 0 fully saturated rings. The zero-order valence-electron chi connectivity index (χ0n) is 16.4. The van der Waals surface area contributed by atoms with Gasteiger partial charge in [0.1, 0.15) is 0 Å². The molecule has 0 aliphatic heterocycles. The Balaban J connectivity index is 1.42. The van der Waals surface area contributed by atoms with E-state index in [4.69, 9.17) is 0 Å². The SMILES string of the molecule is Cc1ccccc1-n1cc(CNC(=O)CC2=C(c3ccccc3)CCC2=O)cn1. The second-order valence-corrected chi connectivity index (χ2v) is 7.28. The van der Waals surface area contributed by atoms with Crippen LogP contribution in [0.5, 0.6) is 0 Å². The Kier molecular flexibility index (Phi) is 5.38. The molecule has 0 spiro atoms. The van der Waals surface area contributed by atoms with Crippen LogP contribution in [0, 0.1) is 6.92 Å². The lowest BCUT2D eigenvalue weighted by Crippen LogP contribution is -2.23. The van der Waals surface area contributed by atoms with Gasteiger partial charge in [-0.3, -0.25) is 9.59 Å². The summed E-state index contributed by atoms with van der Waals surface area (Å²) in [5, 5.41) is 7.31. The Morgan fingerprint density at radius 3 is 2.62 bits per heavy atom. The number of hydrogen-bond acceptors (Lipinski definition) is 3. The average Bonchev–Trinajstić information content (AvgIpc) is 3.35. The van der Waals surface area contributed by atoms with Crippen molar-refractivity contribution in [3.63, 3.8) is 0 Å². The topological polar surface area (TPSA) is 64.0 Å². The highest BCUT2D eigenvalue weighted by molar-refractivity contribution is 6.10. The first-order chi connectivity index (χ1) is 14.1. The highest BCUT2D eigenvalue weighted by Gasteiger charge is 2.25. The van der Waals surface area contributed by atoms with Crippen molar-refractivity contribution in [2.75, 3.05) is 0 Å².